The number of sulfonamides is 1. The van der Waals surface area contributed by atoms with Crippen LogP contribution in [0.15, 0.2) is 47.4 Å². The number of nitrogen functional groups attached to an aromatic ring is 1. The van der Waals surface area contributed by atoms with Crippen LogP contribution in [0.3, 0.4) is 0 Å². The average molecular weight is 263 g/mol. The van der Waals surface area contributed by atoms with E-state index in [0.717, 1.165) is 5.69 Å². The molecule has 0 saturated carbocycles. The van der Waals surface area contributed by atoms with E-state index in [1.165, 1.54) is 24.3 Å². The van der Waals surface area contributed by atoms with E-state index in [2.05, 4.69) is 9.71 Å². The highest BCUT2D eigenvalue weighted by molar-refractivity contribution is 7.92. The lowest BCUT2D eigenvalue weighted by Gasteiger charge is -2.07. The number of hydrogen-bond donors (Lipinski definition) is 2. The van der Waals surface area contributed by atoms with Crippen molar-refractivity contribution < 1.29 is 8.42 Å². The molecule has 3 N–H and O–H groups in total. The Hall–Kier alpha value is -2.08. The van der Waals surface area contributed by atoms with Gasteiger partial charge in [-0.2, -0.15) is 0 Å². The molecule has 0 aliphatic carbocycles. The molecular weight excluding hydrogens is 250 g/mol. The number of benzene rings is 1. The summed E-state index contributed by atoms with van der Waals surface area (Å²) in [6.07, 6.45) is 0. The van der Waals surface area contributed by atoms with Crippen molar-refractivity contribution in [1.82, 2.24) is 4.98 Å². The third-order valence-electron chi connectivity index (χ3n) is 2.32. The first-order valence-electron chi connectivity index (χ1n) is 5.29. The highest BCUT2D eigenvalue weighted by Gasteiger charge is 2.14. The number of aryl methyl sites for hydroxylation is 1. The molecule has 0 bridgehead atoms. The largest absolute Gasteiger partial charge is 0.399 e. The van der Waals surface area contributed by atoms with Crippen molar-refractivity contribution in [3.8, 4) is 0 Å². The first-order chi connectivity index (χ1) is 8.47. The van der Waals surface area contributed by atoms with Gasteiger partial charge in [0.2, 0.25) is 0 Å². The van der Waals surface area contributed by atoms with Crippen LogP contribution >= 0.6 is 0 Å². The Morgan fingerprint density at radius 1 is 1.11 bits per heavy atom. The van der Waals surface area contributed by atoms with Gasteiger partial charge >= 0.3 is 0 Å². The minimum absolute atomic E-state index is 0.153. The van der Waals surface area contributed by atoms with Gasteiger partial charge in [0, 0.05) is 11.4 Å². The van der Waals surface area contributed by atoms with E-state index in [1.54, 1.807) is 25.1 Å². The maximum absolute atomic E-state index is 12.0. The van der Waals surface area contributed by atoms with Crippen LogP contribution in [-0.2, 0) is 10.0 Å². The van der Waals surface area contributed by atoms with Gasteiger partial charge in [0.15, 0.2) is 0 Å². The Bertz CT molecular complexity index is 651. The maximum atomic E-state index is 12.0. The molecule has 94 valence electrons. The second-order valence-electron chi connectivity index (χ2n) is 3.84. The van der Waals surface area contributed by atoms with Crippen LogP contribution in [0.5, 0.6) is 0 Å². The Balaban J connectivity index is 2.30. The third kappa shape index (κ3) is 2.78. The van der Waals surface area contributed by atoms with Crippen molar-refractivity contribution in [2.24, 2.45) is 0 Å². The Kier molecular flexibility index (Phi) is 3.20. The van der Waals surface area contributed by atoms with Crippen LogP contribution in [0.4, 0.5) is 11.5 Å². The quantitative estimate of drug-likeness (QED) is 0.826. The fraction of sp³-hybridized carbons (Fsp3) is 0.0833. The number of anilines is 2. The molecule has 0 unspecified atom stereocenters. The van der Waals surface area contributed by atoms with E-state index in [-0.39, 0.29) is 4.90 Å². The van der Waals surface area contributed by atoms with Crippen LogP contribution in [0.1, 0.15) is 5.69 Å². The minimum atomic E-state index is -3.61. The summed E-state index contributed by atoms with van der Waals surface area (Å²) in [5.74, 6) is 0.298. The average Bonchev–Trinajstić information content (AvgIpc) is 2.29. The molecule has 1 aromatic carbocycles. The van der Waals surface area contributed by atoms with Gasteiger partial charge in [0.05, 0.1) is 4.90 Å². The Morgan fingerprint density at radius 2 is 1.78 bits per heavy atom. The highest BCUT2D eigenvalue weighted by Crippen LogP contribution is 2.15. The summed E-state index contributed by atoms with van der Waals surface area (Å²) in [7, 11) is -3.61. The van der Waals surface area contributed by atoms with Crippen molar-refractivity contribution in [3.63, 3.8) is 0 Å². The predicted octanol–water partition coefficient (Wildman–Crippen LogP) is 1.77. The monoisotopic (exact) mass is 263 g/mol. The maximum Gasteiger partial charge on any atom is 0.263 e. The van der Waals surface area contributed by atoms with E-state index in [0.29, 0.717) is 11.5 Å². The van der Waals surface area contributed by atoms with Gasteiger partial charge < -0.3 is 5.73 Å². The standard InChI is InChI=1S/C12H13N3O2S/c1-9-3-2-4-12(14-9)15-18(16,17)11-7-5-10(13)6-8-11/h2-8H,13H2,1H3,(H,14,15). The number of pyridine rings is 1. The first kappa shape index (κ1) is 12.4. The number of nitrogens with one attached hydrogen (secondary N) is 1. The van der Waals surface area contributed by atoms with E-state index in [4.69, 9.17) is 5.73 Å². The van der Waals surface area contributed by atoms with Gasteiger partial charge in [-0.3, -0.25) is 4.72 Å². The van der Waals surface area contributed by atoms with Crippen LogP contribution in [-0.4, -0.2) is 13.4 Å². The second kappa shape index (κ2) is 4.66. The molecule has 0 amide bonds. The summed E-state index contributed by atoms with van der Waals surface area (Å²) in [5, 5.41) is 0. The van der Waals surface area contributed by atoms with Crippen molar-refractivity contribution in [2.75, 3.05) is 10.5 Å². The summed E-state index contributed by atoms with van der Waals surface area (Å²) < 4.78 is 26.5. The number of rotatable bonds is 3. The van der Waals surface area contributed by atoms with Crippen molar-refractivity contribution in [3.05, 3.63) is 48.2 Å². The molecule has 0 spiro atoms. The van der Waals surface area contributed by atoms with Gasteiger partial charge in [-0.1, -0.05) is 6.07 Å². The Morgan fingerprint density at radius 3 is 2.39 bits per heavy atom. The Labute approximate surface area is 106 Å². The van der Waals surface area contributed by atoms with Crippen LogP contribution in [0.2, 0.25) is 0 Å². The molecule has 2 rings (SSSR count). The number of nitrogens with two attached hydrogens (primary N) is 1. The molecule has 0 aliphatic heterocycles. The lowest BCUT2D eigenvalue weighted by Crippen LogP contribution is -2.14. The third-order valence-corrected chi connectivity index (χ3v) is 3.69. The predicted molar refractivity (Wildman–Crippen MR) is 70.6 cm³/mol. The molecule has 0 aliphatic rings. The molecule has 5 nitrogen and oxygen atoms in total. The number of nitrogens with zero attached hydrogens (tertiary/aromatic N) is 1. The molecule has 18 heavy (non-hydrogen) atoms. The summed E-state index contributed by atoms with van der Waals surface area (Å²) >= 11 is 0. The highest BCUT2D eigenvalue weighted by atomic mass is 32.2. The molecule has 0 radical (unpaired) electrons. The van der Waals surface area contributed by atoms with E-state index in [1.807, 2.05) is 0 Å². The fourth-order valence-electron chi connectivity index (χ4n) is 1.44. The molecule has 6 heteroatoms. The zero-order chi connectivity index (χ0) is 13.2. The summed E-state index contributed by atoms with van der Waals surface area (Å²) in [4.78, 5) is 4.24. The molecule has 0 atom stereocenters. The molecule has 0 saturated heterocycles. The van der Waals surface area contributed by atoms with E-state index < -0.39 is 10.0 Å². The topological polar surface area (TPSA) is 85.1 Å². The summed E-state index contributed by atoms with van der Waals surface area (Å²) in [6.45, 7) is 1.79. The zero-order valence-electron chi connectivity index (χ0n) is 9.79. The zero-order valence-corrected chi connectivity index (χ0v) is 10.6. The van der Waals surface area contributed by atoms with Crippen molar-refractivity contribution in [2.45, 2.75) is 11.8 Å². The second-order valence-corrected chi connectivity index (χ2v) is 5.52. The van der Waals surface area contributed by atoms with Crippen molar-refractivity contribution >= 4 is 21.5 Å². The molecule has 0 fully saturated rings. The number of hydrogen-bond acceptors (Lipinski definition) is 4. The molecule has 1 heterocycles. The smallest absolute Gasteiger partial charge is 0.263 e. The van der Waals surface area contributed by atoms with Crippen LogP contribution < -0.4 is 10.5 Å². The SMILES string of the molecule is Cc1cccc(NS(=O)(=O)c2ccc(N)cc2)n1. The minimum Gasteiger partial charge on any atom is -0.399 e. The van der Waals surface area contributed by atoms with Crippen LogP contribution in [0.25, 0.3) is 0 Å². The van der Waals surface area contributed by atoms with E-state index >= 15 is 0 Å². The molecular formula is C12H13N3O2S. The fourth-order valence-corrected chi connectivity index (χ4v) is 2.44. The molecule has 1 aromatic heterocycles. The first-order valence-corrected chi connectivity index (χ1v) is 6.78. The lowest BCUT2D eigenvalue weighted by molar-refractivity contribution is 0.601. The van der Waals surface area contributed by atoms with Crippen molar-refractivity contribution in [1.29, 1.82) is 0 Å². The van der Waals surface area contributed by atoms with Gasteiger partial charge in [0.25, 0.3) is 10.0 Å². The van der Waals surface area contributed by atoms with Gasteiger partial charge in [-0.15, -0.1) is 0 Å². The molecule has 2 aromatic rings. The van der Waals surface area contributed by atoms with Gasteiger partial charge in [-0.05, 0) is 43.3 Å². The van der Waals surface area contributed by atoms with Gasteiger partial charge in [-0.25, -0.2) is 13.4 Å². The van der Waals surface area contributed by atoms with E-state index in [9.17, 15) is 8.42 Å². The normalized spacial score (nSPS) is 11.2. The number of aromatic nitrogens is 1. The van der Waals surface area contributed by atoms with Gasteiger partial charge in [0.1, 0.15) is 5.82 Å². The summed E-state index contributed by atoms with van der Waals surface area (Å²) in [6, 6.07) is 11.1. The van der Waals surface area contributed by atoms with Crippen LogP contribution in [0, 0.1) is 6.92 Å². The lowest BCUT2D eigenvalue weighted by atomic mass is 10.3. The summed E-state index contributed by atoms with van der Waals surface area (Å²) in [5.41, 5.74) is 6.77.